The van der Waals surface area contributed by atoms with E-state index >= 15 is 0 Å². The van der Waals surface area contributed by atoms with E-state index < -0.39 is 0 Å². The molecule has 25 heavy (non-hydrogen) atoms. The van der Waals surface area contributed by atoms with Gasteiger partial charge in [0.05, 0.1) is 6.54 Å². The zero-order valence-electron chi connectivity index (χ0n) is 14.9. The zero-order chi connectivity index (χ0) is 18.1. The summed E-state index contributed by atoms with van der Waals surface area (Å²) in [5.74, 6) is 0.330. The van der Waals surface area contributed by atoms with E-state index in [2.05, 4.69) is 22.5 Å². The van der Waals surface area contributed by atoms with E-state index in [0.29, 0.717) is 24.6 Å². The van der Waals surface area contributed by atoms with E-state index in [4.69, 9.17) is 5.73 Å². The normalized spacial score (nSPS) is 11.2. The first-order valence-corrected chi connectivity index (χ1v) is 8.59. The second kappa shape index (κ2) is 9.47. The Morgan fingerprint density at radius 3 is 2.60 bits per heavy atom. The lowest BCUT2D eigenvalue weighted by Gasteiger charge is -2.07. The van der Waals surface area contributed by atoms with E-state index in [1.165, 1.54) is 0 Å². The second-order valence-electron chi connectivity index (χ2n) is 6.00. The molecule has 4 N–H and O–H groups in total. The molecule has 1 amide bonds. The van der Waals surface area contributed by atoms with Crippen LogP contribution in [0.15, 0.2) is 53.5 Å². The number of hydrogen-bond donors (Lipinski definition) is 3. The Morgan fingerprint density at radius 2 is 1.92 bits per heavy atom. The van der Waals surface area contributed by atoms with Crippen molar-refractivity contribution in [3.8, 4) is 0 Å². The Morgan fingerprint density at radius 1 is 1.16 bits per heavy atom. The minimum atomic E-state index is -0.0378. The van der Waals surface area contributed by atoms with Gasteiger partial charge in [-0.15, -0.1) is 0 Å². The van der Waals surface area contributed by atoms with Gasteiger partial charge in [0.15, 0.2) is 5.96 Å². The average molecular weight is 338 g/mol. The molecule has 0 aliphatic rings. The maximum Gasteiger partial charge on any atom is 0.251 e. The molecule has 0 atom stereocenters. The van der Waals surface area contributed by atoms with Gasteiger partial charge in [0, 0.05) is 17.8 Å². The number of carbonyl (C=O) groups excluding carboxylic acids is 1. The molecule has 0 spiro atoms. The number of carbonyl (C=O) groups is 1. The van der Waals surface area contributed by atoms with Gasteiger partial charge in [-0.3, -0.25) is 4.79 Å². The molecule has 0 unspecified atom stereocenters. The number of unbranched alkanes of at least 4 members (excludes halogenated alkanes) is 1. The number of benzene rings is 2. The van der Waals surface area contributed by atoms with Crippen molar-refractivity contribution in [2.75, 3.05) is 11.9 Å². The van der Waals surface area contributed by atoms with Gasteiger partial charge in [0.1, 0.15) is 0 Å². The van der Waals surface area contributed by atoms with Crippen LogP contribution < -0.4 is 16.4 Å². The smallest absolute Gasteiger partial charge is 0.251 e. The molecule has 5 heteroatoms. The maximum atomic E-state index is 12.0. The van der Waals surface area contributed by atoms with Crippen LogP contribution in [0.5, 0.6) is 0 Å². The third-order valence-electron chi connectivity index (χ3n) is 3.75. The average Bonchev–Trinajstić information content (AvgIpc) is 2.60. The molecule has 0 radical (unpaired) electrons. The summed E-state index contributed by atoms with van der Waals surface area (Å²) in [6.45, 7) is 5.30. The van der Waals surface area contributed by atoms with Gasteiger partial charge >= 0.3 is 0 Å². The number of guanidine groups is 1. The van der Waals surface area contributed by atoms with Crippen molar-refractivity contribution in [1.82, 2.24) is 5.32 Å². The number of amides is 1. The number of anilines is 1. The van der Waals surface area contributed by atoms with Crippen LogP contribution in [0.3, 0.4) is 0 Å². The van der Waals surface area contributed by atoms with E-state index in [9.17, 15) is 4.79 Å². The largest absolute Gasteiger partial charge is 0.370 e. The van der Waals surface area contributed by atoms with E-state index in [1.807, 2.05) is 55.5 Å². The van der Waals surface area contributed by atoms with Gasteiger partial charge < -0.3 is 16.4 Å². The minimum Gasteiger partial charge on any atom is -0.370 e. The summed E-state index contributed by atoms with van der Waals surface area (Å²) >= 11 is 0. The Bertz CT molecular complexity index is 723. The van der Waals surface area contributed by atoms with Gasteiger partial charge in [0.25, 0.3) is 5.91 Å². The number of aliphatic imine (C=N–C) groups is 1. The van der Waals surface area contributed by atoms with Crippen LogP contribution in [-0.2, 0) is 6.54 Å². The maximum absolute atomic E-state index is 12.0. The lowest BCUT2D eigenvalue weighted by molar-refractivity contribution is 0.0953. The van der Waals surface area contributed by atoms with Crippen LogP contribution in [0.25, 0.3) is 0 Å². The summed E-state index contributed by atoms with van der Waals surface area (Å²) in [6.07, 6.45) is 2.06. The second-order valence-corrected chi connectivity index (χ2v) is 6.00. The molecule has 0 bridgehead atoms. The highest BCUT2D eigenvalue weighted by Gasteiger charge is 2.04. The van der Waals surface area contributed by atoms with Crippen LogP contribution >= 0.6 is 0 Å². The fourth-order valence-electron chi connectivity index (χ4n) is 2.33. The molecular weight excluding hydrogens is 312 g/mol. The predicted molar refractivity (Wildman–Crippen MR) is 104 cm³/mol. The van der Waals surface area contributed by atoms with Gasteiger partial charge in [-0.25, -0.2) is 4.99 Å². The zero-order valence-corrected chi connectivity index (χ0v) is 14.9. The standard InChI is InChI=1S/C20H26N4O/c1-3-4-12-22-19(25)17-10-8-16(9-11-17)14-23-20(21)24-18-7-5-6-15(2)13-18/h5-11,13H,3-4,12,14H2,1-2H3,(H,22,25)(H3,21,23,24). The highest BCUT2D eigenvalue weighted by molar-refractivity contribution is 5.94. The lowest BCUT2D eigenvalue weighted by atomic mass is 10.1. The van der Waals surface area contributed by atoms with E-state index in [1.54, 1.807) is 0 Å². The molecule has 5 nitrogen and oxygen atoms in total. The third kappa shape index (κ3) is 6.30. The number of rotatable bonds is 7. The highest BCUT2D eigenvalue weighted by atomic mass is 16.1. The third-order valence-corrected chi connectivity index (χ3v) is 3.75. The molecule has 0 saturated heterocycles. The molecular formula is C20H26N4O. The molecule has 0 heterocycles. The van der Waals surface area contributed by atoms with Crippen molar-refractivity contribution < 1.29 is 4.79 Å². The van der Waals surface area contributed by atoms with Gasteiger partial charge in [-0.2, -0.15) is 0 Å². The molecule has 0 saturated carbocycles. The quantitative estimate of drug-likeness (QED) is 0.411. The van der Waals surface area contributed by atoms with Crippen molar-refractivity contribution >= 4 is 17.6 Å². The molecule has 2 aromatic rings. The number of nitrogens with two attached hydrogens (primary N) is 1. The van der Waals surface area contributed by atoms with Crippen molar-refractivity contribution in [3.05, 3.63) is 65.2 Å². The van der Waals surface area contributed by atoms with E-state index in [-0.39, 0.29) is 5.91 Å². The van der Waals surface area contributed by atoms with Crippen molar-refractivity contribution in [2.45, 2.75) is 33.2 Å². The molecule has 0 aliphatic carbocycles. The first kappa shape index (κ1) is 18.5. The fraction of sp³-hybridized carbons (Fsp3) is 0.300. The van der Waals surface area contributed by atoms with Gasteiger partial charge in [0.2, 0.25) is 0 Å². The number of nitrogens with one attached hydrogen (secondary N) is 2. The lowest BCUT2D eigenvalue weighted by Crippen LogP contribution is -2.24. The fourth-order valence-corrected chi connectivity index (χ4v) is 2.33. The molecule has 2 aromatic carbocycles. The van der Waals surface area contributed by atoms with Crippen LogP contribution in [0.2, 0.25) is 0 Å². The predicted octanol–water partition coefficient (Wildman–Crippen LogP) is 3.45. The van der Waals surface area contributed by atoms with Gasteiger partial charge in [-0.05, 0) is 48.7 Å². The van der Waals surface area contributed by atoms with Crippen LogP contribution in [0.4, 0.5) is 5.69 Å². The SMILES string of the molecule is CCCCNC(=O)c1ccc(CN=C(N)Nc2cccc(C)c2)cc1. The summed E-state index contributed by atoms with van der Waals surface area (Å²) in [7, 11) is 0. The van der Waals surface area contributed by atoms with Crippen molar-refractivity contribution in [1.29, 1.82) is 0 Å². The number of hydrogen-bond acceptors (Lipinski definition) is 2. The van der Waals surface area contributed by atoms with Crippen LogP contribution in [0, 0.1) is 6.92 Å². The van der Waals surface area contributed by atoms with E-state index in [0.717, 1.165) is 29.7 Å². The Kier molecular flexibility index (Phi) is 7.01. The molecule has 2 rings (SSSR count). The summed E-state index contributed by atoms with van der Waals surface area (Å²) in [6, 6.07) is 15.4. The topological polar surface area (TPSA) is 79.5 Å². The van der Waals surface area contributed by atoms with Crippen LogP contribution in [0.1, 0.15) is 41.3 Å². The first-order valence-electron chi connectivity index (χ1n) is 8.59. The molecule has 0 fully saturated rings. The summed E-state index contributed by atoms with van der Waals surface area (Å²) < 4.78 is 0. The number of nitrogens with zero attached hydrogens (tertiary/aromatic N) is 1. The number of aryl methyl sites for hydroxylation is 1. The van der Waals surface area contributed by atoms with Crippen molar-refractivity contribution in [3.63, 3.8) is 0 Å². The first-order chi connectivity index (χ1) is 12.1. The molecule has 0 aliphatic heterocycles. The molecule has 132 valence electrons. The summed E-state index contributed by atoms with van der Waals surface area (Å²) in [5.41, 5.74) is 9.66. The van der Waals surface area contributed by atoms with Gasteiger partial charge in [-0.1, -0.05) is 37.6 Å². The minimum absolute atomic E-state index is 0.0378. The Hall–Kier alpha value is -2.82. The summed E-state index contributed by atoms with van der Waals surface area (Å²) in [4.78, 5) is 16.3. The highest BCUT2D eigenvalue weighted by Crippen LogP contribution is 2.10. The monoisotopic (exact) mass is 338 g/mol. The summed E-state index contributed by atoms with van der Waals surface area (Å²) in [5, 5.41) is 5.98. The Labute approximate surface area is 149 Å². The Balaban J connectivity index is 1.88. The molecule has 0 aromatic heterocycles. The van der Waals surface area contributed by atoms with Crippen LogP contribution in [-0.4, -0.2) is 18.4 Å². The van der Waals surface area contributed by atoms with Crippen molar-refractivity contribution in [2.24, 2.45) is 10.7 Å².